The van der Waals surface area contributed by atoms with E-state index in [9.17, 15) is 8.78 Å². The van der Waals surface area contributed by atoms with Crippen molar-refractivity contribution in [1.29, 1.82) is 0 Å². The SMILES string of the molecule is CC(CON)c1c(F)cncc1F. The molecule has 2 N–H and O–H groups in total. The van der Waals surface area contributed by atoms with Crippen molar-refractivity contribution in [3.8, 4) is 0 Å². The maximum absolute atomic E-state index is 13.0. The Morgan fingerprint density at radius 3 is 2.46 bits per heavy atom. The molecule has 0 saturated heterocycles. The van der Waals surface area contributed by atoms with E-state index in [1.807, 2.05) is 0 Å². The minimum absolute atomic E-state index is 0.0412. The Balaban J connectivity index is 2.98. The molecule has 3 nitrogen and oxygen atoms in total. The van der Waals surface area contributed by atoms with Gasteiger partial charge in [0.05, 0.1) is 19.0 Å². The van der Waals surface area contributed by atoms with Gasteiger partial charge in [-0.2, -0.15) is 0 Å². The van der Waals surface area contributed by atoms with Crippen LogP contribution in [0, 0.1) is 11.6 Å². The van der Waals surface area contributed by atoms with Crippen molar-refractivity contribution in [2.24, 2.45) is 5.90 Å². The third-order valence-corrected chi connectivity index (χ3v) is 1.73. The van der Waals surface area contributed by atoms with Gasteiger partial charge in [-0.15, -0.1) is 0 Å². The number of hydrogen-bond donors (Lipinski definition) is 1. The number of pyridine rings is 1. The first-order valence-electron chi connectivity index (χ1n) is 3.77. The summed E-state index contributed by atoms with van der Waals surface area (Å²) in [7, 11) is 0. The van der Waals surface area contributed by atoms with Crippen LogP contribution in [-0.4, -0.2) is 11.6 Å². The van der Waals surface area contributed by atoms with E-state index in [1.54, 1.807) is 6.92 Å². The monoisotopic (exact) mass is 188 g/mol. The lowest BCUT2D eigenvalue weighted by Crippen LogP contribution is -2.11. The molecule has 0 aliphatic heterocycles. The van der Waals surface area contributed by atoms with Crippen LogP contribution in [0.4, 0.5) is 8.78 Å². The molecule has 1 rings (SSSR count). The number of nitrogens with zero attached hydrogens (tertiary/aromatic N) is 1. The van der Waals surface area contributed by atoms with Crippen LogP contribution in [0.25, 0.3) is 0 Å². The highest BCUT2D eigenvalue weighted by molar-refractivity contribution is 5.19. The van der Waals surface area contributed by atoms with Gasteiger partial charge < -0.3 is 4.84 Å². The van der Waals surface area contributed by atoms with Gasteiger partial charge >= 0.3 is 0 Å². The van der Waals surface area contributed by atoms with Gasteiger partial charge in [-0.25, -0.2) is 14.7 Å². The molecule has 5 heteroatoms. The van der Waals surface area contributed by atoms with Gasteiger partial charge in [0.25, 0.3) is 0 Å². The zero-order valence-corrected chi connectivity index (χ0v) is 7.13. The van der Waals surface area contributed by atoms with Gasteiger partial charge in [0.15, 0.2) is 0 Å². The summed E-state index contributed by atoms with van der Waals surface area (Å²) in [5, 5.41) is 0. The number of aromatic nitrogens is 1. The van der Waals surface area contributed by atoms with Crippen molar-refractivity contribution in [1.82, 2.24) is 4.98 Å². The smallest absolute Gasteiger partial charge is 0.147 e. The minimum Gasteiger partial charge on any atom is -0.304 e. The summed E-state index contributed by atoms with van der Waals surface area (Å²) >= 11 is 0. The lowest BCUT2D eigenvalue weighted by Gasteiger charge is -2.11. The predicted molar refractivity (Wildman–Crippen MR) is 42.7 cm³/mol. The van der Waals surface area contributed by atoms with Gasteiger partial charge in [-0.3, -0.25) is 4.98 Å². The van der Waals surface area contributed by atoms with E-state index in [0.717, 1.165) is 12.4 Å². The lowest BCUT2D eigenvalue weighted by atomic mass is 10.0. The van der Waals surface area contributed by atoms with Crippen molar-refractivity contribution in [3.05, 3.63) is 29.6 Å². The summed E-state index contributed by atoms with van der Waals surface area (Å²) in [6.45, 7) is 1.69. The van der Waals surface area contributed by atoms with Gasteiger partial charge in [0.1, 0.15) is 11.6 Å². The molecule has 72 valence electrons. The molecular formula is C8H10F2N2O. The van der Waals surface area contributed by atoms with Crippen molar-refractivity contribution in [3.63, 3.8) is 0 Å². The molecule has 0 aliphatic carbocycles. The Labute approximate surface area is 74.5 Å². The third-order valence-electron chi connectivity index (χ3n) is 1.73. The van der Waals surface area contributed by atoms with E-state index in [2.05, 4.69) is 9.82 Å². The summed E-state index contributed by atoms with van der Waals surface area (Å²) in [5.74, 6) is 3.03. The van der Waals surface area contributed by atoms with Crippen LogP contribution in [0.15, 0.2) is 12.4 Å². The standard InChI is InChI=1S/C8H10F2N2O/c1-5(4-13-11)8-6(9)2-12-3-7(8)10/h2-3,5H,4,11H2,1H3. The largest absolute Gasteiger partial charge is 0.304 e. The summed E-state index contributed by atoms with van der Waals surface area (Å²) in [6, 6.07) is 0. The van der Waals surface area contributed by atoms with E-state index in [4.69, 9.17) is 5.90 Å². The quantitative estimate of drug-likeness (QED) is 0.728. The highest BCUT2D eigenvalue weighted by Gasteiger charge is 2.16. The van der Waals surface area contributed by atoms with E-state index in [-0.39, 0.29) is 12.2 Å². The molecule has 1 aromatic heterocycles. The fourth-order valence-electron chi connectivity index (χ4n) is 1.12. The van der Waals surface area contributed by atoms with Gasteiger partial charge in [0, 0.05) is 11.5 Å². The van der Waals surface area contributed by atoms with E-state index in [0.29, 0.717) is 0 Å². The summed E-state index contributed by atoms with van der Waals surface area (Å²) < 4.78 is 26.1. The zero-order valence-electron chi connectivity index (χ0n) is 7.13. The average molecular weight is 188 g/mol. The molecule has 0 saturated carbocycles. The first-order valence-corrected chi connectivity index (χ1v) is 3.77. The summed E-state index contributed by atoms with van der Waals surface area (Å²) in [4.78, 5) is 7.68. The third kappa shape index (κ3) is 2.19. The second-order valence-electron chi connectivity index (χ2n) is 2.75. The molecule has 0 bridgehead atoms. The van der Waals surface area contributed by atoms with Gasteiger partial charge in [0.2, 0.25) is 0 Å². The summed E-state index contributed by atoms with van der Waals surface area (Å²) in [5.41, 5.74) is -0.0412. The van der Waals surface area contributed by atoms with Crippen LogP contribution >= 0.6 is 0 Å². The maximum Gasteiger partial charge on any atom is 0.147 e. The Morgan fingerprint density at radius 2 is 2.00 bits per heavy atom. The molecule has 1 aromatic rings. The molecule has 0 amide bonds. The Hall–Kier alpha value is -1.07. The van der Waals surface area contributed by atoms with Crippen molar-refractivity contribution in [2.75, 3.05) is 6.61 Å². The van der Waals surface area contributed by atoms with E-state index >= 15 is 0 Å². The maximum atomic E-state index is 13.0. The van der Waals surface area contributed by atoms with Crippen LogP contribution in [0.1, 0.15) is 18.4 Å². The zero-order chi connectivity index (χ0) is 9.84. The highest BCUT2D eigenvalue weighted by Crippen LogP contribution is 2.20. The number of rotatable bonds is 3. The molecule has 1 atom stereocenters. The molecule has 0 aromatic carbocycles. The molecule has 0 aliphatic rings. The van der Waals surface area contributed by atoms with Crippen LogP contribution in [0.2, 0.25) is 0 Å². The first kappa shape index (κ1) is 10.0. The summed E-state index contributed by atoms with van der Waals surface area (Å²) in [6.07, 6.45) is 1.93. The molecule has 13 heavy (non-hydrogen) atoms. The number of nitrogens with two attached hydrogens (primary N) is 1. The normalized spacial score (nSPS) is 12.9. The van der Waals surface area contributed by atoms with Crippen LogP contribution < -0.4 is 5.90 Å². The topological polar surface area (TPSA) is 48.1 Å². The molecule has 0 fully saturated rings. The Morgan fingerprint density at radius 1 is 1.46 bits per heavy atom. The minimum atomic E-state index is -0.676. The van der Waals surface area contributed by atoms with Crippen LogP contribution in [0.3, 0.4) is 0 Å². The van der Waals surface area contributed by atoms with Crippen molar-refractivity contribution in [2.45, 2.75) is 12.8 Å². The second kappa shape index (κ2) is 4.25. The van der Waals surface area contributed by atoms with Gasteiger partial charge in [-0.1, -0.05) is 6.92 Å². The Kier molecular flexibility index (Phi) is 3.27. The fraction of sp³-hybridized carbons (Fsp3) is 0.375. The second-order valence-corrected chi connectivity index (χ2v) is 2.75. The van der Waals surface area contributed by atoms with E-state index in [1.165, 1.54) is 0 Å². The molecule has 0 radical (unpaired) electrons. The van der Waals surface area contributed by atoms with Crippen molar-refractivity contribution < 1.29 is 13.6 Å². The van der Waals surface area contributed by atoms with Crippen molar-refractivity contribution >= 4 is 0 Å². The van der Waals surface area contributed by atoms with Crippen LogP contribution in [0.5, 0.6) is 0 Å². The molecule has 1 heterocycles. The Bertz CT molecular complexity index is 273. The van der Waals surface area contributed by atoms with Gasteiger partial charge in [-0.05, 0) is 0 Å². The fourth-order valence-corrected chi connectivity index (χ4v) is 1.12. The molecular weight excluding hydrogens is 178 g/mol. The highest BCUT2D eigenvalue weighted by atomic mass is 19.1. The lowest BCUT2D eigenvalue weighted by molar-refractivity contribution is 0.125. The average Bonchev–Trinajstić information content (AvgIpc) is 2.04. The number of halogens is 2. The van der Waals surface area contributed by atoms with E-state index < -0.39 is 17.6 Å². The predicted octanol–water partition coefficient (Wildman–Crippen LogP) is 1.35. The molecule has 1 unspecified atom stereocenters. The number of hydrogen-bond acceptors (Lipinski definition) is 3. The first-order chi connectivity index (χ1) is 6.16. The van der Waals surface area contributed by atoms with Crippen LogP contribution in [-0.2, 0) is 4.84 Å². The molecule has 0 spiro atoms.